The lowest BCUT2D eigenvalue weighted by molar-refractivity contribution is -0.00994. The second-order valence-electron chi connectivity index (χ2n) is 5.69. The maximum atomic E-state index is 6.00. The van der Waals surface area contributed by atoms with E-state index in [9.17, 15) is 0 Å². The largest absolute Gasteiger partial charge is 0.374 e. The van der Waals surface area contributed by atoms with Crippen molar-refractivity contribution < 1.29 is 4.74 Å². The average molecular weight is 344 g/mol. The Hall–Kier alpha value is -0.390. The van der Waals surface area contributed by atoms with Gasteiger partial charge in [0.25, 0.3) is 0 Å². The smallest absolute Gasteiger partial charge is 0.0811 e. The molecule has 1 saturated heterocycles. The fourth-order valence-corrected chi connectivity index (χ4v) is 3.83. The Bertz CT molecular complexity index is 452. The van der Waals surface area contributed by atoms with E-state index in [0.29, 0.717) is 6.04 Å². The van der Waals surface area contributed by atoms with E-state index in [2.05, 4.69) is 51.8 Å². The van der Waals surface area contributed by atoms with E-state index in [-0.39, 0.29) is 5.60 Å². The monoisotopic (exact) mass is 343 g/mol. The lowest BCUT2D eigenvalue weighted by atomic mass is 9.89. The molecular formula is C15H26BrN3O. The van der Waals surface area contributed by atoms with E-state index < -0.39 is 0 Å². The third kappa shape index (κ3) is 2.95. The summed E-state index contributed by atoms with van der Waals surface area (Å²) in [4.78, 5) is 0. The molecule has 1 aliphatic heterocycles. The van der Waals surface area contributed by atoms with E-state index in [4.69, 9.17) is 4.74 Å². The maximum absolute atomic E-state index is 6.00. The number of nitrogens with zero attached hydrogens (tertiary/aromatic N) is 2. The van der Waals surface area contributed by atoms with Crippen molar-refractivity contribution in [2.24, 2.45) is 0 Å². The SMILES string of the molecule is CCc1nn(CC)c(CC(NC)C2(C)CCCO2)c1Br. The standard InChI is InChI=1S/C15H26BrN3O/c1-5-11-14(16)12(19(6-2)18-11)10-13(17-4)15(3)8-7-9-20-15/h13,17H,5-10H2,1-4H3. The summed E-state index contributed by atoms with van der Waals surface area (Å²) in [5, 5.41) is 8.14. The van der Waals surface area contributed by atoms with Gasteiger partial charge in [0.15, 0.2) is 0 Å². The molecule has 5 heteroatoms. The van der Waals surface area contributed by atoms with Crippen LogP contribution in [0.15, 0.2) is 4.47 Å². The van der Waals surface area contributed by atoms with Crippen molar-refractivity contribution in [1.29, 1.82) is 0 Å². The van der Waals surface area contributed by atoms with Gasteiger partial charge in [-0.25, -0.2) is 0 Å². The van der Waals surface area contributed by atoms with Crippen LogP contribution in [0.1, 0.15) is 45.0 Å². The van der Waals surface area contributed by atoms with E-state index in [1.165, 1.54) is 10.2 Å². The summed E-state index contributed by atoms with van der Waals surface area (Å²) >= 11 is 3.74. The molecule has 20 heavy (non-hydrogen) atoms. The van der Waals surface area contributed by atoms with Crippen molar-refractivity contribution >= 4 is 15.9 Å². The van der Waals surface area contributed by atoms with Crippen molar-refractivity contribution in [3.05, 3.63) is 15.9 Å². The molecule has 0 spiro atoms. The van der Waals surface area contributed by atoms with E-state index in [1.807, 2.05) is 7.05 Å². The molecule has 4 nitrogen and oxygen atoms in total. The molecule has 114 valence electrons. The van der Waals surface area contributed by atoms with Crippen LogP contribution in [-0.2, 0) is 24.1 Å². The molecule has 1 aromatic rings. The van der Waals surface area contributed by atoms with Gasteiger partial charge in [0.1, 0.15) is 0 Å². The zero-order chi connectivity index (χ0) is 14.8. The fraction of sp³-hybridized carbons (Fsp3) is 0.800. The molecule has 1 N–H and O–H groups in total. The Kier molecular flexibility index (Phi) is 5.26. The minimum absolute atomic E-state index is 0.0661. The molecule has 0 bridgehead atoms. The van der Waals surface area contributed by atoms with Crippen molar-refractivity contribution in [2.75, 3.05) is 13.7 Å². The van der Waals surface area contributed by atoms with Gasteiger partial charge in [-0.05, 0) is 56.1 Å². The molecule has 1 aromatic heterocycles. The predicted molar refractivity (Wildman–Crippen MR) is 85.1 cm³/mol. The minimum atomic E-state index is -0.0661. The minimum Gasteiger partial charge on any atom is -0.374 e. The number of rotatable bonds is 6. The number of nitrogens with one attached hydrogen (secondary N) is 1. The third-order valence-electron chi connectivity index (χ3n) is 4.43. The Balaban J connectivity index is 2.25. The van der Waals surface area contributed by atoms with E-state index in [1.54, 1.807) is 0 Å². The number of ether oxygens (including phenoxy) is 1. The van der Waals surface area contributed by atoms with Gasteiger partial charge in [-0.3, -0.25) is 4.68 Å². The highest BCUT2D eigenvalue weighted by atomic mass is 79.9. The molecule has 2 heterocycles. The maximum Gasteiger partial charge on any atom is 0.0811 e. The van der Waals surface area contributed by atoms with Crippen LogP contribution in [0.2, 0.25) is 0 Å². The summed E-state index contributed by atoms with van der Waals surface area (Å²) in [6.07, 6.45) is 4.17. The first-order valence-corrected chi connectivity index (χ1v) is 8.40. The summed E-state index contributed by atoms with van der Waals surface area (Å²) < 4.78 is 9.29. The van der Waals surface area contributed by atoms with Crippen LogP contribution in [0.5, 0.6) is 0 Å². The molecule has 2 rings (SSSR count). The molecule has 0 radical (unpaired) electrons. The number of aryl methyl sites for hydroxylation is 2. The third-order valence-corrected chi connectivity index (χ3v) is 5.34. The molecule has 1 fully saturated rings. The van der Waals surface area contributed by atoms with Gasteiger partial charge < -0.3 is 10.1 Å². The number of aromatic nitrogens is 2. The average Bonchev–Trinajstić information content (AvgIpc) is 3.01. The first-order valence-electron chi connectivity index (χ1n) is 7.61. The molecule has 2 unspecified atom stereocenters. The Labute approximate surface area is 130 Å². The quantitative estimate of drug-likeness (QED) is 0.862. The van der Waals surface area contributed by atoms with Gasteiger partial charge in [0.05, 0.1) is 21.5 Å². The number of hydrogen-bond acceptors (Lipinski definition) is 3. The van der Waals surface area contributed by atoms with Crippen LogP contribution < -0.4 is 5.32 Å². The molecule has 1 aliphatic rings. The van der Waals surface area contributed by atoms with Gasteiger partial charge in [-0.1, -0.05) is 6.92 Å². The predicted octanol–water partition coefficient (Wildman–Crippen LogP) is 2.93. The highest BCUT2D eigenvalue weighted by Crippen LogP contribution is 2.32. The van der Waals surface area contributed by atoms with Crippen LogP contribution in [0.25, 0.3) is 0 Å². The molecule has 0 aromatic carbocycles. The fourth-order valence-electron chi connectivity index (χ4n) is 3.10. The van der Waals surface area contributed by atoms with Crippen LogP contribution >= 0.6 is 15.9 Å². The summed E-state index contributed by atoms with van der Waals surface area (Å²) in [5.41, 5.74) is 2.36. The first-order chi connectivity index (χ1) is 9.55. The topological polar surface area (TPSA) is 39.1 Å². The van der Waals surface area contributed by atoms with Gasteiger partial charge in [-0.15, -0.1) is 0 Å². The van der Waals surface area contributed by atoms with Crippen molar-refractivity contribution in [3.8, 4) is 0 Å². The zero-order valence-corrected chi connectivity index (χ0v) is 14.6. The number of hydrogen-bond donors (Lipinski definition) is 1. The second-order valence-corrected chi connectivity index (χ2v) is 6.48. The van der Waals surface area contributed by atoms with Crippen LogP contribution in [0, 0.1) is 0 Å². The lowest BCUT2D eigenvalue weighted by Gasteiger charge is -2.33. The molecule has 0 amide bonds. The molecular weight excluding hydrogens is 318 g/mol. The molecule has 0 saturated carbocycles. The number of likely N-dealkylation sites (N-methyl/N-ethyl adjacent to an activating group) is 1. The second kappa shape index (κ2) is 6.58. The van der Waals surface area contributed by atoms with Gasteiger partial charge in [0.2, 0.25) is 0 Å². The highest BCUT2D eigenvalue weighted by Gasteiger charge is 2.38. The van der Waals surface area contributed by atoms with Crippen LogP contribution in [0.3, 0.4) is 0 Å². The van der Waals surface area contributed by atoms with Gasteiger partial charge in [-0.2, -0.15) is 5.10 Å². The molecule has 2 atom stereocenters. The van der Waals surface area contributed by atoms with Crippen LogP contribution in [0.4, 0.5) is 0 Å². The molecule has 0 aliphatic carbocycles. The summed E-state index contributed by atoms with van der Waals surface area (Å²) in [6, 6.07) is 0.313. The van der Waals surface area contributed by atoms with Gasteiger partial charge in [0, 0.05) is 25.6 Å². The van der Waals surface area contributed by atoms with Gasteiger partial charge >= 0.3 is 0 Å². The van der Waals surface area contributed by atoms with E-state index >= 15 is 0 Å². The summed E-state index contributed by atoms with van der Waals surface area (Å²) in [5.74, 6) is 0. The number of halogens is 1. The van der Waals surface area contributed by atoms with E-state index in [0.717, 1.165) is 44.5 Å². The first kappa shape index (κ1) is 16.0. The Morgan fingerprint density at radius 2 is 2.25 bits per heavy atom. The lowest BCUT2D eigenvalue weighted by Crippen LogP contribution is -2.48. The zero-order valence-electron chi connectivity index (χ0n) is 13.0. The highest BCUT2D eigenvalue weighted by molar-refractivity contribution is 9.10. The summed E-state index contributed by atoms with van der Waals surface area (Å²) in [6.45, 7) is 8.30. The Morgan fingerprint density at radius 1 is 1.50 bits per heavy atom. The summed E-state index contributed by atoms with van der Waals surface area (Å²) in [7, 11) is 2.03. The van der Waals surface area contributed by atoms with Crippen molar-refractivity contribution in [2.45, 2.75) is 64.6 Å². The normalized spacial score (nSPS) is 24.2. The van der Waals surface area contributed by atoms with Crippen LogP contribution in [-0.4, -0.2) is 35.1 Å². The van der Waals surface area contributed by atoms with Crippen molar-refractivity contribution in [3.63, 3.8) is 0 Å². The Morgan fingerprint density at radius 3 is 2.75 bits per heavy atom. The van der Waals surface area contributed by atoms with Crippen molar-refractivity contribution in [1.82, 2.24) is 15.1 Å².